The minimum Gasteiger partial charge on any atom is -0.493 e. The van der Waals surface area contributed by atoms with Gasteiger partial charge in [-0.15, -0.1) is 11.3 Å². The molecule has 5 nitrogen and oxygen atoms in total. The Labute approximate surface area is 121 Å². The van der Waals surface area contributed by atoms with E-state index in [1.54, 1.807) is 0 Å². The number of rotatable bonds is 5. The number of carbonyl (C=O) groups is 1. The van der Waals surface area contributed by atoms with Crippen molar-refractivity contribution in [2.75, 3.05) is 6.61 Å². The van der Waals surface area contributed by atoms with E-state index in [4.69, 9.17) is 10.6 Å². The summed E-state index contributed by atoms with van der Waals surface area (Å²) in [6, 6.07) is 6.08. The number of hydrogen-bond acceptors (Lipinski definition) is 5. The molecule has 0 saturated heterocycles. The molecule has 0 aliphatic carbocycles. The van der Waals surface area contributed by atoms with Crippen LogP contribution < -0.4 is 16.0 Å². The second-order valence-electron chi connectivity index (χ2n) is 4.46. The maximum absolute atomic E-state index is 11.3. The maximum Gasteiger partial charge on any atom is 0.276 e. The molecule has 0 spiro atoms. The fourth-order valence-corrected chi connectivity index (χ4v) is 2.61. The van der Waals surface area contributed by atoms with Crippen molar-refractivity contribution in [1.29, 1.82) is 0 Å². The summed E-state index contributed by atoms with van der Waals surface area (Å²) in [7, 11) is 0. The number of hydrogen-bond donors (Lipinski definition) is 2. The molecule has 1 aromatic carbocycles. The van der Waals surface area contributed by atoms with Crippen LogP contribution in [0.1, 0.15) is 25.8 Å². The first-order valence-corrected chi connectivity index (χ1v) is 7.07. The average Bonchev–Trinajstić information content (AvgIpc) is 2.89. The fraction of sp³-hybridized carbons (Fsp3) is 0.286. The van der Waals surface area contributed by atoms with E-state index >= 15 is 0 Å². The molecule has 0 aliphatic rings. The molecule has 6 heteroatoms. The van der Waals surface area contributed by atoms with Crippen LogP contribution in [-0.2, 0) is 6.42 Å². The van der Waals surface area contributed by atoms with Gasteiger partial charge in [-0.3, -0.25) is 10.2 Å². The van der Waals surface area contributed by atoms with Crippen LogP contribution in [0.2, 0.25) is 0 Å². The van der Waals surface area contributed by atoms with Crippen molar-refractivity contribution < 1.29 is 9.53 Å². The minimum atomic E-state index is -0.316. The number of aromatic nitrogens is 1. The second-order valence-corrected chi connectivity index (χ2v) is 5.57. The molecule has 0 fully saturated rings. The monoisotopic (exact) mass is 291 g/mol. The standard InChI is InChI=1S/C14H17N3O2S/c1-9-3-4-11(10(2)7-9)19-6-5-13-16-8-12(20-13)14(18)17-15/h3-4,7-8H,5-6,15H2,1-2H3,(H,17,18). The zero-order valence-corrected chi connectivity index (χ0v) is 12.3. The van der Waals surface area contributed by atoms with E-state index in [-0.39, 0.29) is 5.91 Å². The van der Waals surface area contributed by atoms with Crippen molar-refractivity contribution in [2.24, 2.45) is 5.84 Å². The molecule has 2 rings (SSSR count). The first-order chi connectivity index (χ1) is 9.60. The number of benzene rings is 1. The minimum absolute atomic E-state index is 0.316. The predicted molar refractivity (Wildman–Crippen MR) is 78.9 cm³/mol. The number of amides is 1. The smallest absolute Gasteiger partial charge is 0.276 e. The van der Waals surface area contributed by atoms with Crippen LogP contribution >= 0.6 is 11.3 Å². The van der Waals surface area contributed by atoms with Crippen molar-refractivity contribution in [2.45, 2.75) is 20.3 Å². The lowest BCUT2D eigenvalue weighted by Gasteiger charge is -2.08. The quantitative estimate of drug-likeness (QED) is 0.502. The molecule has 0 bridgehead atoms. The molecule has 0 unspecified atom stereocenters. The predicted octanol–water partition coefficient (Wildman–Crippen LogP) is 1.98. The number of nitrogens with one attached hydrogen (secondary N) is 1. The van der Waals surface area contributed by atoms with Crippen LogP contribution in [0.25, 0.3) is 0 Å². The van der Waals surface area contributed by atoms with E-state index in [1.165, 1.54) is 23.1 Å². The maximum atomic E-state index is 11.3. The number of ether oxygens (including phenoxy) is 1. The summed E-state index contributed by atoms with van der Waals surface area (Å²) in [6.45, 7) is 4.60. The Balaban J connectivity index is 1.89. The van der Waals surface area contributed by atoms with Gasteiger partial charge in [0.25, 0.3) is 5.91 Å². The summed E-state index contributed by atoms with van der Waals surface area (Å²) in [5.74, 6) is 5.64. The van der Waals surface area contributed by atoms with Crippen molar-refractivity contribution in [1.82, 2.24) is 10.4 Å². The van der Waals surface area contributed by atoms with Gasteiger partial charge in [-0.25, -0.2) is 10.8 Å². The molecule has 3 N–H and O–H groups in total. The third kappa shape index (κ3) is 3.55. The molecule has 20 heavy (non-hydrogen) atoms. The third-order valence-electron chi connectivity index (χ3n) is 2.81. The number of aryl methyl sites for hydroxylation is 2. The highest BCUT2D eigenvalue weighted by Crippen LogP contribution is 2.19. The number of nitrogens with zero attached hydrogens (tertiary/aromatic N) is 1. The summed E-state index contributed by atoms with van der Waals surface area (Å²) in [5.41, 5.74) is 4.42. The Morgan fingerprint density at radius 2 is 2.25 bits per heavy atom. The van der Waals surface area contributed by atoms with Crippen LogP contribution in [0.5, 0.6) is 5.75 Å². The number of thiazole rings is 1. The van der Waals surface area contributed by atoms with Gasteiger partial charge in [0, 0.05) is 6.42 Å². The third-order valence-corrected chi connectivity index (χ3v) is 3.87. The average molecular weight is 291 g/mol. The SMILES string of the molecule is Cc1ccc(OCCc2ncc(C(=O)NN)s2)c(C)c1. The van der Waals surface area contributed by atoms with Crippen molar-refractivity contribution in [3.8, 4) is 5.75 Å². The van der Waals surface area contributed by atoms with Gasteiger partial charge in [0.15, 0.2) is 0 Å². The van der Waals surface area contributed by atoms with Crippen LogP contribution in [0.3, 0.4) is 0 Å². The molecule has 0 radical (unpaired) electrons. The number of nitrogens with two attached hydrogens (primary N) is 1. The molecule has 2 aromatic rings. The van der Waals surface area contributed by atoms with Gasteiger partial charge in [0.1, 0.15) is 10.6 Å². The van der Waals surface area contributed by atoms with Crippen molar-refractivity contribution in [3.05, 3.63) is 45.4 Å². The largest absolute Gasteiger partial charge is 0.493 e. The lowest BCUT2D eigenvalue weighted by atomic mass is 10.1. The van der Waals surface area contributed by atoms with E-state index in [2.05, 4.69) is 23.4 Å². The van der Waals surface area contributed by atoms with Crippen LogP contribution in [0.4, 0.5) is 0 Å². The molecule has 0 atom stereocenters. The Morgan fingerprint density at radius 3 is 2.95 bits per heavy atom. The molecular weight excluding hydrogens is 274 g/mol. The molecule has 1 aromatic heterocycles. The zero-order chi connectivity index (χ0) is 14.5. The van der Waals surface area contributed by atoms with Gasteiger partial charge < -0.3 is 4.74 Å². The summed E-state index contributed by atoms with van der Waals surface area (Å²) in [4.78, 5) is 16.0. The topological polar surface area (TPSA) is 77.2 Å². The van der Waals surface area contributed by atoms with Crippen molar-refractivity contribution >= 4 is 17.2 Å². The normalized spacial score (nSPS) is 10.3. The second kappa shape index (κ2) is 6.49. The zero-order valence-electron chi connectivity index (χ0n) is 11.5. The van der Waals surface area contributed by atoms with Gasteiger partial charge in [0.05, 0.1) is 17.8 Å². The van der Waals surface area contributed by atoms with Gasteiger partial charge in [-0.1, -0.05) is 17.7 Å². The van der Waals surface area contributed by atoms with E-state index in [0.717, 1.165) is 16.3 Å². The lowest BCUT2D eigenvalue weighted by Crippen LogP contribution is -2.29. The van der Waals surface area contributed by atoms with Gasteiger partial charge in [-0.05, 0) is 25.5 Å². The Bertz CT molecular complexity index is 610. The summed E-state index contributed by atoms with van der Waals surface area (Å²) < 4.78 is 5.73. The first kappa shape index (κ1) is 14.5. The molecular formula is C14H17N3O2S. The summed E-state index contributed by atoms with van der Waals surface area (Å²) >= 11 is 1.32. The fourth-order valence-electron chi connectivity index (χ4n) is 1.81. The molecule has 0 aliphatic heterocycles. The van der Waals surface area contributed by atoms with Crippen LogP contribution in [0, 0.1) is 13.8 Å². The van der Waals surface area contributed by atoms with Gasteiger partial charge in [-0.2, -0.15) is 0 Å². The van der Waals surface area contributed by atoms with E-state index in [9.17, 15) is 4.79 Å². The number of nitrogen functional groups attached to an aromatic ring is 1. The highest BCUT2D eigenvalue weighted by atomic mass is 32.1. The number of hydrazine groups is 1. The van der Waals surface area contributed by atoms with E-state index in [0.29, 0.717) is 17.9 Å². The summed E-state index contributed by atoms with van der Waals surface area (Å²) in [6.07, 6.45) is 2.19. The van der Waals surface area contributed by atoms with Crippen LogP contribution in [0.15, 0.2) is 24.4 Å². The Kier molecular flexibility index (Phi) is 4.70. The Morgan fingerprint density at radius 1 is 1.45 bits per heavy atom. The molecule has 1 amide bonds. The summed E-state index contributed by atoms with van der Waals surface area (Å²) in [5, 5.41) is 0.855. The molecule has 106 valence electrons. The lowest BCUT2D eigenvalue weighted by molar-refractivity contribution is 0.0957. The first-order valence-electron chi connectivity index (χ1n) is 6.26. The molecule has 1 heterocycles. The van der Waals surface area contributed by atoms with Crippen molar-refractivity contribution in [3.63, 3.8) is 0 Å². The highest BCUT2D eigenvalue weighted by molar-refractivity contribution is 7.13. The highest BCUT2D eigenvalue weighted by Gasteiger charge is 2.09. The molecule has 0 saturated carbocycles. The van der Waals surface area contributed by atoms with E-state index in [1.807, 2.05) is 19.1 Å². The number of carbonyl (C=O) groups excluding carboxylic acids is 1. The van der Waals surface area contributed by atoms with Gasteiger partial charge >= 0.3 is 0 Å². The van der Waals surface area contributed by atoms with Gasteiger partial charge in [0.2, 0.25) is 0 Å². The Hall–Kier alpha value is -1.92. The van der Waals surface area contributed by atoms with Crippen LogP contribution in [-0.4, -0.2) is 17.5 Å². The van der Waals surface area contributed by atoms with E-state index < -0.39 is 0 Å².